The van der Waals surface area contributed by atoms with Gasteiger partial charge in [-0.15, -0.1) is 11.8 Å². The Balaban J connectivity index is 2.12. The van der Waals surface area contributed by atoms with Crippen LogP contribution in [-0.4, -0.2) is 10.1 Å². The third-order valence-electron chi connectivity index (χ3n) is 2.76. The molecular formula is C15H20N2OS. The minimum Gasteiger partial charge on any atom is -0.338 e. The van der Waals surface area contributed by atoms with E-state index in [0.29, 0.717) is 5.89 Å². The van der Waals surface area contributed by atoms with Crippen LogP contribution in [0.5, 0.6) is 0 Å². The maximum Gasteiger partial charge on any atom is 0.239 e. The average molecular weight is 276 g/mol. The number of benzene rings is 1. The maximum atomic E-state index is 5.37. The SMILES string of the molecule is Cc1cccc(SC(C)c2nc(C(C)(C)C)no2)c1. The summed E-state index contributed by atoms with van der Waals surface area (Å²) in [5.41, 5.74) is 1.19. The fourth-order valence-electron chi connectivity index (χ4n) is 1.65. The third kappa shape index (κ3) is 3.60. The molecule has 0 fully saturated rings. The molecule has 2 rings (SSSR count). The molecule has 1 heterocycles. The molecule has 1 atom stereocenters. The van der Waals surface area contributed by atoms with Crippen molar-refractivity contribution in [1.82, 2.24) is 10.1 Å². The highest BCUT2D eigenvalue weighted by molar-refractivity contribution is 7.99. The Morgan fingerprint density at radius 2 is 2.00 bits per heavy atom. The Morgan fingerprint density at radius 3 is 2.58 bits per heavy atom. The highest BCUT2D eigenvalue weighted by Crippen LogP contribution is 2.34. The van der Waals surface area contributed by atoms with Gasteiger partial charge in [0.2, 0.25) is 5.89 Å². The summed E-state index contributed by atoms with van der Waals surface area (Å²) < 4.78 is 5.37. The number of thioether (sulfide) groups is 1. The van der Waals surface area contributed by atoms with Gasteiger partial charge in [0.05, 0.1) is 5.25 Å². The van der Waals surface area contributed by atoms with Crippen LogP contribution in [0.25, 0.3) is 0 Å². The van der Waals surface area contributed by atoms with Crippen molar-refractivity contribution in [3.63, 3.8) is 0 Å². The molecule has 1 unspecified atom stereocenters. The molecule has 1 aromatic heterocycles. The van der Waals surface area contributed by atoms with Gasteiger partial charge >= 0.3 is 0 Å². The maximum absolute atomic E-state index is 5.37. The normalized spacial score (nSPS) is 13.5. The molecule has 19 heavy (non-hydrogen) atoms. The second-order valence-electron chi connectivity index (χ2n) is 5.78. The van der Waals surface area contributed by atoms with Crippen LogP contribution in [0.2, 0.25) is 0 Å². The molecule has 0 amide bonds. The summed E-state index contributed by atoms with van der Waals surface area (Å²) in [5.74, 6) is 1.45. The molecule has 0 saturated carbocycles. The minimum absolute atomic E-state index is 0.0739. The first-order valence-corrected chi connectivity index (χ1v) is 7.31. The van der Waals surface area contributed by atoms with Crippen LogP contribution in [-0.2, 0) is 5.41 Å². The van der Waals surface area contributed by atoms with Gasteiger partial charge in [0.15, 0.2) is 5.82 Å². The zero-order chi connectivity index (χ0) is 14.0. The van der Waals surface area contributed by atoms with Gasteiger partial charge in [-0.05, 0) is 26.0 Å². The van der Waals surface area contributed by atoms with E-state index in [-0.39, 0.29) is 10.7 Å². The second kappa shape index (κ2) is 5.37. The Morgan fingerprint density at radius 1 is 1.26 bits per heavy atom. The second-order valence-corrected chi connectivity index (χ2v) is 7.20. The summed E-state index contributed by atoms with van der Waals surface area (Å²) in [5, 5.41) is 4.23. The van der Waals surface area contributed by atoms with E-state index in [9.17, 15) is 0 Å². The van der Waals surface area contributed by atoms with Gasteiger partial charge in [0, 0.05) is 10.3 Å². The standard InChI is InChI=1S/C15H20N2OS/c1-10-7-6-8-12(9-10)19-11(2)13-16-14(17-18-13)15(3,4)5/h6-9,11H,1-5H3. The van der Waals surface area contributed by atoms with Crippen molar-refractivity contribution in [1.29, 1.82) is 0 Å². The topological polar surface area (TPSA) is 38.9 Å². The molecule has 3 nitrogen and oxygen atoms in total. The number of hydrogen-bond acceptors (Lipinski definition) is 4. The third-order valence-corrected chi connectivity index (χ3v) is 3.84. The van der Waals surface area contributed by atoms with E-state index in [0.717, 1.165) is 5.82 Å². The quantitative estimate of drug-likeness (QED) is 0.772. The smallest absolute Gasteiger partial charge is 0.239 e. The summed E-state index contributed by atoms with van der Waals surface area (Å²) >= 11 is 1.74. The van der Waals surface area contributed by atoms with E-state index < -0.39 is 0 Å². The van der Waals surface area contributed by atoms with Gasteiger partial charge in [0.25, 0.3) is 0 Å². The Bertz CT molecular complexity index is 557. The zero-order valence-corrected chi connectivity index (χ0v) is 12.9. The monoisotopic (exact) mass is 276 g/mol. The van der Waals surface area contributed by atoms with Gasteiger partial charge in [-0.3, -0.25) is 0 Å². The van der Waals surface area contributed by atoms with Crippen molar-refractivity contribution in [2.75, 3.05) is 0 Å². The first-order valence-electron chi connectivity index (χ1n) is 6.43. The number of hydrogen-bond donors (Lipinski definition) is 0. The zero-order valence-electron chi connectivity index (χ0n) is 12.1. The molecule has 0 N–H and O–H groups in total. The van der Waals surface area contributed by atoms with Crippen molar-refractivity contribution in [2.45, 2.75) is 50.2 Å². The van der Waals surface area contributed by atoms with E-state index >= 15 is 0 Å². The van der Waals surface area contributed by atoms with Gasteiger partial charge in [-0.2, -0.15) is 4.98 Å². The van der Waals surface area contributed by atoms with Crippen molar-refractivity contribution in [3.05, 3.63) is 41.5 Å². The summed E-state index contributed by atoms with van der Waals surface area (Å²) in [6, 6.07) is 8.44. The van der Waals surface area contributed by atoms with Crippen LogP contribution >= 0.6 is 11.8 Å². The van der Waals surface area contributed by atoms with Crippen LogP contribution in [0.4, 0.5) is 0 Å². The summed E-state index contributed by atoms with van der Waals surface area (Å²) in [7, 11) is 0. The fourth-order valence-corrected chi connectivity index (χ4v) is 2.66. The molecule has 1 aromatic carbocycles. The number of aromatic nitrogens is 2. The highest BCUT2D eigenvalue weighted by atomic mass is 32.2. The van der Waals surface area contributed by atoms with E-state index in [4.69, 9.17) is 4.52 Å². The van der Waals surface area contributed by atoms with E-state index in [1.807, 2.05) is 0 Å². The molecule has 0 radical (unpaired) electrons. The number of aryl methyl sites for hydroxylation is 1. The summed E-state index contributed by atoms with van der Waals surface area (Å²) in [6.07, 6.45) is 0. The molecule has 102 valence electrons. The molecule has 4 heteroatoms. The van der Waals surface area contributed by atoms with Crippen molar-refractivity contribution in [3.8, 4) is 0 Å². The van der Waals surface area contributed by atoms with Crippen molar-refractivity contribution >= 4 is 11.8 Å². The fraction of sp³-hybridized carbons (Fsp3) is 0.467. The molecule has 0 aliphatic heterocycles. The van der Waals surface area contributed by atoms with E-state index in [2.05, 4.69) is 69.0 Å². The lowest BCUT2D eigenvalue weighted by Crippen LogP contribution is -2.13. The van der Waals surface area contributed by atoms with Crippen LogP contribution in [0.15, 0.2) is 33.7 Å². The van der Waals surface area contributed by atoms with Crippen LogP contribution in [0, 0.1) is 6.92 Å². The Hall–Kier alpha value is -1.29. The highest BCUT2D eigenvalue weighted by Gasteiger charge is 2.23. The van der Waals surface area contributed by atoms with Crippen LogP contribution in [0.1, 0.15) is 50.2 Å². The van der Waals surface area contributed by atoms with Crippen molar-refractivity contribution < 1.29 is 4.52 Å². The average Bonchev–Trinajstić information content (AvgIpc) is 2.77. The number of rotatable bonds is 3. The van der Waals surface area contributed by atoms with Crippen LogP contribution in [0.3, 0.4) is 0 Å². The van der Waals surface area contributed by atoms with Gasteiger partial charge in [-0.1, -0.05) is 43.6 Å². The lowest BCUT2D eigenvalue weighted by molar-refractivity contribution is 0.364. The van der Waals surface area contributed by atoms with Gasteiger partial charge in [0.1, 0.15) is 0 Å². The first-order chi connectivity index (χ1) is 8.86. The lowest BCUT2D eigenvalue weighted by atomic mass is 9.96. The molecule has 0 aliphatic carbocycles. The molecule has 0 spiro atoms. The summed E-state index contributed by atoms with van der Waals surface area (Å²) in [4.78, 5) is 5.73. The molecule has 2 aromatic rings. The Labute approximate surface area is 118 Å². The predicted molar refractivity (Wildman–Crippen MR) is 78.4 cm³/mol. The van der Waals surface area contributed by atoms with Gasteiger partial charge in [-0.25, -0.2) is 0 Å². The van der Waals surface area contributed by atoms with E-state index in [1.54, 1.807) is 11.8 Å². The first kappa shape index (κ1) is 14.1. The Kier molecular flexibility index (Phi) is 3.99. The van der Waals surface area contributed by atoms with Gasteiger partial charge < -0.3 is 4.52 Å². The van der Waals surface area contributed by atoms with Crippen LogP contribution < -0.4 is 0 Å². The molecule has 0 bridgehead atoms. The molecule has 0 aliphatic rings. The lowest BCUT2D eigenvalue weighted by Gasteiger charge is -2.11. The predicted octanol–water partition coefficient (Wildman–Crippen LogP) is 4.53. The van der Waals surface area contributed by atoms with Crippen molar-refractivity contribution in [2.24, 2.45) is 0 Å². The van der Waals surface area contributed by atoms with E-state index in [1.165, 1.54) is 10.5 Å². The molecular weight excluding hydrogens is 256 g/mol. The largest absolute Gasteiger partial charge is 0.338 e. The minimum atomic E-state index is -0.0739. The summed E-state index contributed by atoms with van der Waals surface area (Å²) in [6.45, 7) is 10.4. The molecule has 0 saturated heterocycles. The number of nitrogens with zero attached hydrogens (tertiary/aromatic N) is 2.